The van der Waals surface area contributed by atoms with Gasteiger partial charge in [0.15, 0.2) is 11.1 Å². The van der Waals surface area contributed by atoms with Crippen LogP contribution in [0, 0.1) is 0 Å². The monoisotopic (exact) mass is 228 g/mol. The topological polar surface area (TPSA) is 46.5 Å². The summed E-state index contributed by atoms with van der Waals surface area (Å²) in [6.07, 6.45) is 0. The average Bonchev–Trinajstić information content (AvgIpc) is 2.15. The summed E-state index contributed by atoms with van der Waals surface area (Å²) >= 11 is -1.96. The van der Waals surface area contributed by atoms with Crippen molar-refractivity contribution in [3.8, 4) is 5.75 Å². The Morgan fingerprint density at radius 2 is 1.93 bits per heavy atom. The zero-order valence-corrected chi connectivity index (χ0v) is 10.2. The van der Waals surface area contributed by atoms with Crippen LogP contribution in [0.2, 0.25) is 0 Å². The highest BCUT2D eigenvalue weighted by atomic mass is 32.2. The Balaban J connectivity index is 3.27. The van der Waals surface area contributed by atoms with Gasteiger partial charge in [0.1, 0.15) is 5.75 Å². The molecule has 1 rings (SSSR count). The molecule has 1 unspecified atom stereocenters. The second kappa shape index (κ2) is 4.33. The van der Waals surface area contributed by atoms with E-state index in [1.807, 2.05) is 6.07 Å². The lowest BCUT2D eigenvalue weighted by atomic mass is 9.86. The lowest BCUT2D eigenvalue weighted by Crippen LogP contribution is -2.13. The van der Waals surface area contributed by atoms with Gasteiger partial charge in [-0.2, -0.15) is 0 Å². The van der Waals surface area contributed by atoms with E-state index < -0.39 is 11.1 Å². The minimum absolute atomic E-state index is 0.0409. The average molecular weight is 228 g/mol. The Morgan fingerprint density at radius 3 is 2.33 bits per heavy atom. The van der Waals surface area contributed by atoms with Crippen LogP contribution in [0.4, 0.5) is 0 Å². The van der Waals surface area contributed by atoms with Gasteiger partial charge in [0.2, 0.25) is 0 Å². The summed E-state index contributed by atoms with van der Waals surface area (Å²) in [7, 11) is 1.56. The molecule has 0 saturated carbocycles. The maximum absolute atomic E-state index is 10.9. The van der Waals surface area contributed by atoms with Crippen LogP contribution in [0.25, 0.3) is 0 Å². The first kappa shape index (κ1) is 12.2. The molecule has 1 aromatic rings. The fourth-order valence-corrected chi connectivity index (χ4v) is 1.79. The predicted molar refractivity (Wildman–Crippen MR) is 60.7 cm³/mol. The van der Waals surface area contributed by atoms with Gasteiger partial charge in [-0.15, -0.1) is 0 Å². The minimum Gasteiger partial charge on any atom is -0.496 e. The number of methoxy groups -OCH3 is 1. The second-order valence-electron chi connectivity index (χ2n) is 4.36. The molecule has 0 heterocycles. The van der Waals surface area contributed by atoms with Gasteiger partial charge in [-0.1, -0.05) is 26.8 Å². The first-order valence-electron chi connectivity index (χ1n) is 4.65. The molecule has 0 radical (unpaired) electrons. The summed E-state index contributed by atoms with van der Waals surface area (Å²) in [4.78, 5) is 0.361. The number of hydrogen-bond acceptors (Lipinski definition) is 2. The highest BCUT2D eigenvalue weighted by molar-refractivity contribution is 7.79. The zero-order valence-electron chi connectivity index (χ0n) is 9.40. The van der Waals surface area contributed by atoms with Crippen molar-refractivity contribution in [2.75, 3.05) is 7.11 Å². The first-order valence-corrected chi connectivity index (χ1v) is 5.76. The summed E-state index contributed by atoms with van der Waals surface area (Å²) in [5.74, 6) is 0.655. The van der Waals surface area contributed by atoms with Gasteiger partial charge in [0, 0.05) is 0 Å². The second-order valence-corrected chi connectivity index (χ2v) is 5.33. The summed E-state index contributed by atoms with van der Waals surface area (Å²) in [6, 6.07) is 5.10. The van der Waals surface area contributed by atoms with Crippen LogP contribution in [-0.4, -0.2) is 15.9 Å². The maximum Gasteiger partial charge on any atom is 0.186 e. The van der Waals surface area contributed by atoms with Gasteiger partial charge in [-0.25, -0.2) is 4.21 Å². The molecule has 0 fully saturated rings. The molecule has 0 aliphatic heterocycles. The molecular formula is C11H16O3S. The quantitative estimate of drug-likeness (QED) is 0.791. The number of benzene rings is 1. The number of hydrogen-bond donors (Lipinski definition) is 1. The molecule has 1 atom stereocenters. The van der Waals surface area contributed by atoms with Gasteiger partial charge in [-0.3, -0.25) is 0 Å². The molecule has 15 heavy (non-hydrogen) atoms. The predicted octanol–water partition coefficient (Wildman–Crippen LogP) is 2.57. The van der Waals surface area contributed by atoms with E-state index in [-0.39, 0.29) is 5.41 Å². The van der Waals surface area contributed by atoms with Gasteiger partial charge in [0.05, 0.1) is 12.0 Å². The molecule has 4 heteroatoms. The molecule has 0 bridgehead atoms. The third kappa shape index (κ3) is 2.79. The van der Waals surface area contributed by atoms with Crippen molar-refractivity contribution in [1.82, 2.24) is 0 Å². The van der Waals surface area contributed by atoms with Crippen LogP contribution >= 0.6 is 0 Å². The van der Waals surface area contributed by atoms with Crippen LogP contribution in [0.3, 0.4) is 0 Å². The molecular weight excluding hydrogens is 212 g/mol. The maximum atomic E-state index is 10.9. The molecule has 1 N–H and O–H groups in total. The molecule has 0 amide bonds. The van der Waals surface area contributed by atoms with Crippen LogP contribution in [0.15, 0.2) is 23.1 Å². The smallest absolute Gasteiger partial charge is 0.186 e. The standard InChI is InChI=1S/C11H16O3S/c1-11(2,3)9-6-5-8(15(12)13)7-10(9)14-4/h5-7H,1-4H3,(H,12,13). The summed E-state index contributed by atoms with van der Waals surface area (Å²) in [5, 5.41) is 0. The Bertz CT molecular complexity index is 380. The summed E-state index contributed by atoms with van der Waals surface area (Å²) in [6.45, 7) is 6.21. The van der Waals surface area contributed by atoms with Crippen LogP contribution in [0.5, 0.6) is 5.75 Å². The molecule has 0 aliphatic rings. The third-order valence-corrected chi connectivity index (χ3v) is 2.84. The van der Waals surface area contributed by atoms with Crippen molar-refractivity contribution < 1.29 is 13.5 Å². The zero-order chi connectivity index (χ0) is 11.6. The highest BCUT2D eigenvalue weighted by Gasteiger charge is 2.19. The van der Waals surface area contributed by atoms with E-state index in [4.69, 9.17) is 9.29 Å². The van der Waals surface area contributed by atoms with Gasteiger partial charge in [0.25, 0.3) is 0 Å². The lowest BCUT2D eigenvalue weighted by Gasteiger charge is -2.22. The summed E-state index contributed by atoms with van der Waals surface area (Å²) in [5.41, 5.74) is 0.986. The molecule has 3 nitrogen and oxygen atoms in total. The minimum atomic E-state index is -1.96. The summed E-state index contributed by atoms with van der Waals surface area (Å²) < 4.78 is 25.1. The fraction of sp³-hybridized carbons (Fsp3) is 0.455. The number of rotatable bonds is 2. The Hall–Kier alpha value is -0.870. The van der Waals surface area contributed by atoms with E-state index in [1.54, 1.807) is 19.2 Å². The largest absolute Gasteiger partial charge is 0.496 e. The highest BCUT2D eigenvalue weighted by Crippen LogP contribution is 2.32. The van der Waals surface area contributed by atoms with E-state index >= 15 is 0 Å². The first-order chi connectivity index (χ1) is 6.86. The molecule has 0 aromatic heterocycles. The van der Waals surface area contributed by atoms with Crippen LogP contribution in [0.1, 0.15) is 26.3 Å². The van der Waals surface area contributed by atoms with Gasteiger partial charge >= 0.3 is 0 Å². The molecule has 0 spiro atoms. The molecule has 1 aromatic carbocycles. The normalized spacial score (nSPS) is 13.7. The van der Waals surface area contributed by atoms with Crippen LogP contribution in [-0.2, 0) is 16.5 Å². The van der Waals surface area contributed by atoms with Crippen molar-refractivity contribution in [2.45, 2.75) is 31.1 Å². The molecule has 0 aliphatic carbocycles. The van der Waals surface area contributed by atoms with Gasteiger partial charge < -0.3 is 9.29 Å². The Morgan fingerprint density at radius 1 is 1.33 bits per heavy atom. The third-order valence-electron chi connectivity index (χ3n) is 2.18. The van der Waals surface area contributed by atoms with Crippen molar-refractivity contribution >= 4 is 11.1 Å². The van der Waals surface area contributed by atoms with E-state index in [2.05, 4.69) is 20.8 Å². The lowest BCUT2D eigenvalue weighted by molar-refractivity contribution is 0.396. The van der Waals surface area contributed by atoms with Crippen molar-refractivity contribution in [3.63, 3.8) is 0 Å². The SMILES string of the molecule is COc1cc(S(=O)O)ccc1C(C)(C)C. The van der Waals surface area contributed by atoms with Crippen molar-refractivity contribution in [2.24, 2.45) is 0 Å². The Kier molecular flexibility index (Phi) is 3.52. The van der Waals surface area contributed by atoms with Gasteiger partial charge in [-0.05, 0) is 23.1 Å². The van der Waals surface area contributed by atoms with E-state index in [0.717, 1.165) is 5.56 Å². The van der Waals surface area contributed by atoms with E-state index in [1.165, 1.54) is 0 Å². The fourth-order valence-electron chi connectivity index (χ4n) is 1.40. The van der Waals surface area contributed by atoms with E-state index in [9.17, 15) is 4.21 Å². The van der Waals surface area contributed by atoms with E-state index in [0.29, 0.717) is 10.6 Å². The van der Waals surface area contributed by atoms with Crippen molar-refractivity contribution in [3.05, 3.63) is 23.8 Å². The Labute approximate surface area is 92.7 Å². The van der Waals surface area contributed by atoms with Crippen molar-refractivity contribution in [1.29, 1.82) is 0 Å². The van der Waals surface area contributed by atoms with Crippen LogP contribution < -0.4 is 4.74 Å². The molecule has 0 saturated heterocycles. The number of ether oxygens (including phenoxy) is 1. The molecule has 84 valence electrons.